The van der Waals surface area contributed by atoms with E-state index in [1.165, 1.54) is 44.5 Å². The molecule has 0 amide bonds. The predicted octanol–water partition coefficient (Wildman–Crippen LogP) is 10.3. The number of anilines is 1. The van der Waals surface area contributed by atoms with Gasteiger partial charge in [0.1, 0.15) is 0 Å². The van der Waals surface area contributed by atoms with Crippen molar-refractivity contribution in [3.8, 4) is 22.3 Å². The number of thioether (sulfide) groups is 1. The van der Waals surface area contributed by atoms with Crippen LogP contribution in [0.1, 0.15) is 33.9 Å². The second-order valence-corrected chi connectivity index (χ2v) is 11.7. The first-order valence-corrected chi connectivity index (χ1v) is 15.1. The summed E-state index contributed by atoms with van der Waals surface area (Å²) in [7, 11) is 0. The maximum absolute atomic E-state index is 5.24. The van der Waals surface area contributed by atoms with Crippen LogP contribution in [-0.4, -0.2) is 10.8 Å². The average Bonchev–Trinajstić information content (AvgIpc) is 3.45. The molecule has 5 aromatic carbocycles. The van der Waals surface area contributed by atoms with E-state index in [4.69, 9.17) is 4.99 Å². The number of rotatable bonds is 7. The zero-order chi connectivity index (χ0) is 28.2. The highest BCUT2D eigenvalue weighted by atomic mass is 32.2. The van der Waals surface area contributed by atoms with Crippen LogP contribution in [0.25, 0.3) is 28.0 Å². The van der Waals surface area contributed by atoms with Crippen LogP contribution < -0.4 is 5.32 Å². The smallest absolute Gasteiger partial charge is 0.0934 e. The zero-order valence-electron chi connectivity index (χ0n) is 23.8. The van der Waals surface area contributed by atoms with Crippen LogP contribution in [0.3, 0.4) is 0 Å². The van der Waals surface area contributed by atoms with Gasteiger partial charge in [-0.25, -0.2) is 0 Å². The highest BCUT2D eigenvalue weighted by molar-refractivity contribution is 8.14. The van der Waals surface area contributed by atoms with Gasteiger partial charge in [0, 0.05) is 22.6 Å². The second-order valence-electron chi connectivity index (χ2n) is 10.6. The number of nitrogens with zero attached hydrogens (tertiary/aromatic N) is 1. The van der Waals surface area contributed by atoms with Crippen molar-refractivity contribution in [3.05, 3.63) is 155 Å². The summed E-state index contributed by atoms with van der Waals surface area (Å²) in [6.07, 6.45) is 2.23. The number of benzene rings is 5. The number of aliphatic imine (C=N–C) groups is 1. The van der Waals surface area contributed by atoms with Crippen molar-refractivity contribution >= 4 is 28.2 Å². The molecule has 1 N–H and O–H groups in total. The fourth-order valence-corrected chi connectivity index (χ4v) is 6.78. The largest absolute Gasteiger partial charge is 0.354 e. The van der Waals surface area contributed by atoms with Crippen LogP contribution in [0.2, 0.25) is 0 Å². The molecule has 0 spiro atoms. The lowest BCUT2D eigenvalue weighted by Gasteiger charge is -2.20. The molecule has 5 aromatic rings. The molecule has 2 nitrogen and oxygen atoms in total. The molecule has 0 fully saturated rings. The fraction of sp³-hybridized carbons (Fsp3) is 0.132. The molecule has 1 unspecified atom stereocenters. The molecular formula is C38H34N2S. The Labute approximate surface area is 247 Å². The van der Waals surface area contributed by atoms with E-state index < -0.39 is 0 Å². The summed E-state index contributed by atoms with van der Waals surface area (Å²) in [5, 5.41) is 4.96. The van der Waals surface area contributed by atoms with Gasteiger partial charge >= 0.3 is 0 Å². The first-order valence-electron chi connectivity index (χ1n) is 14.1. The Morgan fingerprint density at radius 1 is 0.707 bits per heavy atom. The lowest BCUT2D eigenvalue weighted by Crippen LogP contribution is -2.04. The van der Waals surface area contributed by atoms with Crippen molar-refractivity contribution in [3.63, 3.8) is 0 Å². The van der Waals surface area contributed by atoms with Crippen molar-refractivity contribution in [2.24, 2.45) is 4.99 Å². The van der Waals surface area contributed by atoms with Crippen molar-refractivity contribution in [2.45, 2.75) is 26.8 Å². The van der Waals surface area contributed by atoms with Crippen LogP contribution in [-0.2, 0) is 0 Å². The van der Waals surface area contributed by atoms with Crippen LogP contribution in [0.5, 0.6) is 0 Å². The number of hydrogen-bond acceptors (Lipinski definition) is 3. The average molecular weight is 551 g/mol. The topological polar surface area (TPSA) is 24.4 Å². The Kier molecular flexibility index (Phi) is 7.89. The number of aryl methyl sites for hydroxylation is 3. The second kappa shape index (κ2) is 12.0. The third-order valence-electron chi connectivity index (χ3n) is 7.59. The van der Waals surface area contributed by atoms with Crippen molar-refractivity contribution in [2.75, 3.05) is 11.1 Å². The molecule has 0 aromatic heterocycles. The SMILES string of the molecule is Cc1cc(C)c(C2CSC(C=C(Nc3c(-c4ccccc4)cccc3-c3ccccc3)c3ccccc3)=N2)c(C)c1. The Hall–Kier alpha value is -4.34. The van der Waals surface area contributed by atoms with Gasteiger partial charge in [-0.2, -0.15) is 0 Å². The van der Waals surface area contributed by atoms with Crippen LogP contribution in [0.15, 0.2) is 132 Å². The van der Waals surface area contributed by atoms with Crippen LogP contribution in [0, 0.1) is 20.8 Å². The van der Waals surface area contributed by atoms with Gasteiger partial charge in [-0.15, -0.1) is 11.8 Å². The molecule has 202 valence electrons. The lowest BCUT2D eigenvalue weighted by molar-refractivity contribution is 0.830. The van der Waals surface area contributed by atoms with E-state index in [0.29, 0.717) is 0 Å². The maximum Gasteiger partial charge on any atom is 0.0934 e. The Balaban J connectivity index is 1.46. The summed E-state index contributed by atoms with van der Waals surface area (Å²) in [5.41, 5.74) is 13.3. The summed E-state index contributed by atoms with van der Waals surface area (Å²) in [6.45, 7) is 6.59. The number of para-hydroxylation sites is 1. The molecule has 0 saturated heterocycles. The van der Waals surface area contributed by atoms with Gasteiger partial charge in [-0.1, -0.05) is 127 Å². The minimum atomic E-state index is 0.167. The van der Waals surface area contributed by atoms with Gasteiger partial charge in [0.25, 0.3) is 0 Å². The molecule has 1 aliphatic rings. The van der Waals surface area contributed by atoms with Crippen LogP contribution in [0.4, 0.5) is 5.69 Å². The van der Waals surface area contributed by atoms with E-state index in [-0.39, 0.29) is 6.04 Å². The van der Waals surface area contributed by atoms with E-state index in [2.05, 4.69) is 153 Å². The molecule has 0 saturated carbocycles. The Bertz CT molecular complexity index is 1640. The quantitative estimate of drug-likeness (QED) is 0.218. The van der Waals surface area contributed by atoms with Crippen LogP contribution >= 0.6 is 11.8 Å². The molecule has 0 radical (unpaired) electrons. The molecule has 41 heavy (non-hydrogen) atoms. The zero-order valence-corrected chi connectivity index (χ0v) is 24.6. The van der Waals surface area contributed by atoms with E-state index in [1.807, 2.05) is 11.8 Å². The molecule has 6 rings (SSSR count). The molecule has 0 aliphatic carbocycles. The first kappa shape index (κ1) is 26.9. The third-order valence-corrected chi connectivity index (χ3v) is 8.59. The van der Waals surface area contributed by atoms with E-state index in [9.17, 15) is 0 Å². The van der Waals surface area contributed by atoms with E-state index in [1.54, 1.807) is 0 Å². The van der Waals surface area contributed by atoms with Gasteiger partial charge in [0.05, 0.1) is 16.8 Å². The Morgan fingerprint density at radius 2 is 1.24 bits per heavy atom. The fourth-order valence-electron chi connectivity index (χ4n) is 5.81. The molecule has 1 aliphatic heterocycles. The Morgan fingerprint density at radius 3 is 1.80 bits per heavy atom. The number of nitrogens with one attached hydrogen (secondary N) is 1. The van der Waals surface area contributed by atoms with Gasteiger partial charge in [-0.3, -0.25) is 4.99 Å². The third kappa shape index (κ3) is 5.91. The summed E-state index contributed by atoms with van der Waals surface area (Å²) in [4.78, 5) is 5.24. The first-order chi connectivity index (χ1) is 20.1. The van der Waals surface area contributed by atoms with Crippen molar-refractivity contribution in [1.82, 2.24) is 0 Å². The summed E-state index contributed by atoms with van der Waals surface area (Å²) in [6, 6.07) is 43.1. The minimum Gasteiger partial charge on any atom is -0.354 e. The molecular weight excluding hydrogens is 516 g/mol. The summed E-state index contributed by atoms with van der Waals surface area (Å²) >= 11 is 1.84. The van der Waals surface area contributed by atoms with Crippen molar-refractivity contribution in [1.29, 1.82) is 0 Å². The maximum atomic E-state index is 5.24. The van der Waals surface area contributed by atoms with Gasteiger partial charge in [0.2, 0.25) is 0 Å². The molecule has 3 heteroatoms. The summed E-state index contributed by atoms with van der Waals surface area (Å²) < 4.78 is 0. The molecule has 0 bridgehead atoms. The summed E-state index contributed by atoms with van der Waals surface area (Å²) in [5.74, 6) is 0.953. The standard InChI is InChI=1S/C38H34N2S/c1-26-22-27(2)37(28(3)23-26)35-25-41-36(39-35)24-34(31-18-11-6-12-19-31)40-38-32(29-14-7-4-8-15-29)20-13-21-33(38)30-16-9-5-10-17-30/h4-24,35,40H,25H2,1-3H3. The van der Waals surface area contributed by atoms with Crippen molar-refractivity contribution < 1.29 is 0 Å². The predicted molar refractivity (Wildman–Crippen MR) is 179 cm³/mol. The highest BCUT2D eigenvalue weighted by Crippen LogP contribution is 2.40. The normalized spacial score (nSPS) is 15.0. The number of hydrogen-bond donors (Lipinski definition) is 1. The lowest BCUT2D eigenvalue weighted by atomic mass is 9.95. The van der Waals surface area contributed by atoms with Gasteiger partial charge in [-0.05, 0) is 60.2 Å². The highest BCUT2D eigenvalue weighted by Gasteiger charge is 2.23. The van der Waals surface area contributed by atoms with Gasteiger partial charge < -0.3 is 5.32 Å². The van der Waals surface area contributed by atoms with E-state index in [0.717, 1.165) is 27.7 Å². The minimum absolute atomic E-state index is 0.167. The molecule has 1 atom stereocenters. The molecule has 1 heterocycles. The van der Waals surface area contributed by atoms with E-state index >= 15 is 0 Å². The monoisotopic (exact) mass is 550 g/mol. The van der Waals surface area contributed by atoms with Gasteiger partial charge in [0.15, 0.2) is 0 Å².